The van der Waals surface area contributed by atoms with E-state index in [1.54, 1.807) is 0 Å². The number of ether oxygens (including phenoxy) is 1. The summed E-state index contributed by atoms with van der Waals surface area (Å²) in [5, 5.41) is 15.7. The second-order valence-corrected chi connectivity index (χ2v) is 5.62. The molecule has 0 aromatic heterocycles. The molecular weight excluding hydrogens is 262 g/mol. The third-order valence-electron chi connectivity index (χ3n) is 3.75. The lowest BCUT2D eigenvalue weighted by Gasteiger charge is -2.14. The number of hydrogen-bond acceptors (Lipinski definition) is 3. The van der Waals surface area contributed by atoms with Gasteiger partial charge in [-0.15, -0.1) is 0 Å². The van der Waals surface area contributed by atoms with E-state index in [4.69, 9.17) is 4.74 Å². The second kappa shape index (κ2) is 8.85. The SMILES string of the molecule is CCCCCNCC(O)COc1cccc2c1=CCCC=2. The molecule has 0 bridgehead atoms. The first-order valence-electron chi connectivity index (χ1n) is 8.12. The highest BCUT2D eigenvalue weighted by atomic mass is 16.5. The Balaban J connectivity index is 1.79. The Morgan fingerprint density at radius 3 is 2.95 bits per heavy atom. The monoisotopic (exact) mass is 289 g/mol. The minimum Gasteiger partial charge on any atom is -0.490 e. The minimum atomic E-state index is -0.463. The lowest BCUT2D eigenvalue weighted by atomic mass is 10.1. The number of benzene rings is 1. The van der Waals surface area contributed by atoms with E-state index in [1.165, 1.54) is 29.7 Å². The van der Waals surface area contributed by atoms with Crippen molar-refractivity contribution in [1.29, 1.82) is 0 Å². The van der Waals surface area contributed by atoms with E-state index in [9.17, 15) is 5.11 Å². The molecule has 0 saturated heterocycles. The van der Waals surface area contributed by atoms with Crippen LogP contribution in [0.4, 0.5) is 0 Å². The molecule has 0 fully saturated rings. The van der Waals surface area contributed by atoms with Crippen molar-refractivity contribution >= 4 is 12.2 Å². The second-order valence-electron chi connectivity index (χ2n) is 5.62. The van der Waals surface area contributed by atoms with E-state index in [1.807, 2.05) is 12.1 Å². The Kier molecular flexibility index (Phi) is 6.77. The highest BCUT2D eigenvalue weighted by Crippen LogP contribution is 2.05. The van der Waals surface area contributed by atoms with Gasteiger partial charge >= 0.3 is 0 Å². The predicted molar refractivity (Wildman–Crippen MR) is 87.8 cm³/mol. The first-order chi connectivity index (χ1) is 10.3. The van der Waals surface area contributed by atoms with Crippen LogP contribution in [0.5, 0.6) is 5.75 Å². The molecule has 0 spiro atoms. The standard InChI is InChI=1S/C18H27NO2/c1-2-3-6-12-19-13-16(20)14-21-18-11-7-9-15-8-4-5-10-17(15)18/h7-11,16,19-20H,2-6,12-14H2,1H3. The smallest absolute Gasteiger partial charge is 0.126 e. The number of aliphatic hydroxyl groups excluding tert-OH is 1. The van der Waals surface area contributed by atoms with Crippen LogP contribution in [0.3, 0.4) is 0 Å². The maximum absolute atomic E-state index is 9.97. The molecule has 3 heteroatoms. The molecule has 21 heavy (non-hydrogen) atoms. The first kappa shape index (κ1) is 16.1. The fourth-order valence-electron chi connectivity index (χ4n) is 2.56. The van der Waals surface area contributed by atoms with Crippen LogP contribution in [-0.2, 0) is 0 Å². The molecule has 3 nitrogen and oxygen atoms in total. The maximum Gasteiger partial charge on any atom is 0.126 e. The summed E-state index contributed by atoms with van der Waals surface area (Å²) in [4.78, 5) is 0. The molecule has 1 unspecified atom stereocenters. The molecule has 0 saturated carbocycles. The lowest BCUT2D eigenvalue weighted by molar-refractivity contribution is 0.106. The van der Waals surface area contributed by atoms with Crippen molar-refractivity contribution < 1.29 is 9.84 Å². The number of nitrogens with one attached hydrogen (secondary N) is 1. The van der Waals surface area contributed by atoms with Crippen molar-refractivity contribution in [2.75, 3.05) is 19.7 Å². The van der Waals surface area contributed by atoms with Crippen LogP contribution in [0.2, 0.25) is 0 Å². The fourth-order valence-corrected chi connectivity index (χ4v) is 2.56. The Morgan fingerprint density at radius 2 is 2.10 bits per heavy atom. The van der Waals surface area contributed by atoms with Gasteiger partial charge < -0.3 is 15.2 Å². The summed E-state index contributed by atoms with van der Waals surface area (Å²) in [5.41, 5.74) is 0. The predicted octanol–water partition coefficient (Wildman–Crippen LogP) is 1.56. The maximum atomic E-state index is 9.97. The van der Waals surface area contributed by atoms with E-state index in [0.717, 1.165) is 25.1 Å². The van der Waals surface area contributed by atoms with Crippen molar-refractivity contribution in [3.05, 3.63) is 28.6 Å². The van der Waals surface area contributed by atoms with Gasteiger partial charge in [-0.1, -0.05) is 44.1 Å². The Hall–Kier alpha value is -1.32. The van der Waals surface area contributed by atoms with Gasteiger partial charge in [0.15, 0.2) is 0 Å². The molecule has 0 radical (unpaired) electrons. The molecule has 1 aliphatic rings. The summed E-state index contributed by atoms with van der Waals surface area (Å²) in [6, 6.07) is 6.11. The largest absolute Gasteiger partial charge is 0.490 e. The normalized spacial score (nSPS) is 14.8. The molecule has 0 amide bonds. The van der Waals surface area contributed by atoms with E-state index in [-0.39, 0.29) is 0 Å². The minimum absolute atomic E-state index is 0.338. The van der Waals surface area contributed by atoms with Crippen LogP contribution in [-0.4, -0.2) is 30.9 Å². The average molecular weight is 289 g/mol. The first-order valence-corrected chi connectivity index (χ1v) is 8.12. The molecule has 0 heterocycles. The van der Waals surface area contributed by atoms with Gasteiger partial charge in [0.2, 0.25) is 0 Å². The van der Waals surface area contributed by atoms with Crippen molar-refractivity contribution in [3.8, 4) is 5.75 Å². The number of hydrogen-bond donors (Lipinski definition) is 2. The molecule has 1 aliphatic carbocycles. The Bertz CT molecular complexity index is 539. The number of rotatable bonds is 9. The summed E-state index contributed by atoms with van der Waals surface area (Å²) >= 11 is 0. The third-order valence-corrected chi connectivity index (χ3v) is 3.75. The van der Waals surface area contributed by atoms with Crippen LogP contribution in [0.25, 0.3) is 12.2 Å². The summed E-state index contributed by atoms with van der Waals surface area (Å²) in [6.45, 7) is 4.09. The molecule has 0 aliphatic heterocycles. The van der Waals surface area contributed by atoms with E-state index < -0.39 is 6.10 Å². The van der Waals surface area contributed by atoms with E-state index in [2.05, 4.69) is 30.5 Å². The van der Waals surface area contributed by atoms with Crippen LogP contribution in [0, 0.1) is 0 Å². The van der Waals surface area contributed by atoms with Crippen LogP contribution in [0.15, 0.2) is 18.2 Å². The summed E-state index contributed by atoms with van der Waals surface area (Å²) in [5.74, 6) is 0.883. The van der Waals surface area contributed by atoms with Gasteiger partial charge in [0, 0.05) is 11.8 Å². The zero-order valence-corrected chi connectivity index (χ0v) is 13.0. The molecule has 116 valence electrons. The van der Waals surface area contributed by atoms with Gasteiger partial charge in [-0.05, 0) is 37.1 Å². The molecule has 1 aromatic rings. The summed E-state index contributed by atoms with van der Waals surface area (Å²) in [6.07, 6.45) is 9.79. The van der Waals surface area contributed by atoms with Crippen molar-refractivity contribution in [3.63, 3.8) is 0 Å². The molecular formula is C18H27NO2. The van der Waals surface area contributed by atoms with Crippen LogP contribution < -0.4 is 20.5 Å². The summed E-state index contributed by atoms with van der Waals surface area (Å²) < 4.78 is 5.80. The highest BCUT2D eigenvalue weighted by Gasteiger charge is 2.06. The number of fused-ring (bicyclic) bond motifs is 1. The molecule has 1 aromatic carbocycles. The zero-order chi connectivity index (χ0) is 14.9. The van der Waals surface area contributed by atoms with Gasteiger partial charge in [-0.2, -0.15) is 0 Å². The molecule has 2 rings (SSSR count). The third kappa shape index (κ3) is 5.18. The number of aliphatic hydroxyl groups is 1. The van der Waals surface area contributed by atoms with Gasteiger partial charge in [0.05, 0.1) is 0 Å². The topological polar surface area (TPSA) is 41.5 Å². The van der Waals surface area contributed by atoms with Crippen molar-refractivity contribution in [2.45, 2.75) is 45.1 Å². The van der Waals surface area contributed by atoms with Crippen molar-refractivity contribution in [1.82, 2.24) is 5.32 Å². The van der Waals surface area contributed by atoms with E-state index in [0.29, 0.717) is 13.2 Å². The highest BCUT2D eigenvalue weighted by molar-refractivity contribution is 5.43. The average Bonchev–Trinajstić information content (AvgIpc) is 2.52. The van der Waals surface area contributed by atoms with Gasteiger partial charge in [0.1, 0.15) is 18.5 Å². The van der Waals surface area contributed by atoms with Crippen LogP contribution >= 0.6 is 0 Å². The molecule has 2 N–H and O–H groups in total. The van der Waals surface area contributed by atoms with Crippen LogP contribution in [0.1, 0.15) is 39.0 Å². The fraction of sp³-hybridized carbons (Fsp3) is 0.556. The summed E-state index contributed by atoms with van der Waals surface area (Å²) in [7, 11) is 0. The van der Waals surface area contributed by atoms with Crippen molar-refractivity contribution in [2.24, 2.45) is 0 Å². The van der Waals surface area contributed by atoms with Gasteiger partial charge in [-0.3, -0.25) is 0 Å². The van der Waals surface area contributed by atoms with Gasteiger partial charge in [-0.25, -0.2) is 0 Å². The van der Waals surface area contributed by atoms with E-state index >= 15 is 0 Å². The zero-order valence-electron chi connectivity index (χ0n) is 13.0. The quantitative estimate of drug-likeness (QED) is 0.678. The number of unbranched alkanes of at least 4 members (excludes halogenated alkanes) is 2. The molecule has 1 atom stereocenters. The Morgan fingerprint density at radius 1 is 1.24 bits per heavy atom. The Labute approximate surface area is 127 Å². The lowest BCUT2D eigenvalue weighted by Crippen LogP contribution is -2.34. The van der Waals surface area contributed by atoms with Gasteiger partial charge in [0.25, 0.3) is 0 Å².